The number of likely N-dealkylation sites (N-methyl/N-ethyl adjacent to an activating group) is 1. The molecule has 5 atom stereocenters. The maximum Gasteiger partial charge on any atom is 0.325 e. The van der Waals surface area contributed by atoms with E-state index in [2.05, 4.69) is 35.3 Å². The fraction of sp³-hybridized carbons (Fsp3) is 0.647. The molecule has 3 aliphatic heterocycles. The van der Waals surface area contributed by atoms with Crippen LogP contribution in [0.3, 0.4) is 0 Å². The second-order valence-electron chi connectivity index (χ2n) is 12.8. The third-order valence-electron chi connectivity index (χ3n) is 9.94. The van der Waals surface area contributed by atoms with Crippen molar-refractivity contribution in [2.24, 2.45) is 0 Å². The van der Waals surface area contributed by atoms with Gasteiger partial charge in [-0.3, -0.25) is 9.69 Å². The highest BCUT2D eigenvalue weighted by atomic mass is 16.5. The van der Waals surface area contributed by atoms with Crippen molar-refractivity contribution < 1.29 is 24.1 Å². The predicted octanol–water partition coefficient (Wildman–Crippen LogP) is 5.60. The Morgan fingerprint density at radius 2 is 2.14 bits per heavy atom. The highest BCUT2D eigenvalue weighted by Crippen LogP contribution is 2.46. The van der Waals surface area contributed by atoms with E-state index in [1.165, 1.54) is 12.0 Å². The molecule has 8 heteroatoms. The van der Waals surface area contributed by atoms with Crippen LogP contribution in [0.15, 0.2) is 30.3 Å². The number of benzene rings is 1. The van der Waals surface area contributed by atoms with Crippen LogP contribution >= 0.6 is 0 Å². The van der Waals surface area contributed by atoms with Crippen molar-refractivity contribution in [1.82, 2.24) is 9.88 Å². The van der Waals surface area contributed by atoms with Gasteiger partial charge in [0, 0.05) is 37.4 Å². The van der Waals surface area contributed by atoms with E-state index in [9.17, 15) is 9.90 Å². The first-order chi connectivity index (χ1) is 20.4. The van der Waals surface area contributed by atoms with E-state index in [0.29, 0.717) is 13.2 Å². The minimum absolute atomic E-state index is 0.131. The van der Waals surface area contributed by atoms with Crippen molar-refractivity contribution in [2.45, 2.75) is 101 Å². The Hall–Kier alpha value is -2.52. The summed E-state index contributed by atoms with van der Waals surface area (Å²) < 4.78 is 18.6. The Labute approximate surface area is 250 Å². The minimum atomic E-state index is -0.797. The van der Waals surface area contributed by atoms with Gasteiger partial charge in [0.2, 0.25) is 0 Å². The van der Waals surface area contributed by atoms with Crippen LogP contribution in [0.2, 0.25) is 0 Å². The Bertz CT molecular complexity index is 1250. The number of pyridine rings is 1. The Morgan fingerprint density at radius 1 is 1.24 bits per heavy atom. The van der Waals surface area contributed by atoms with Gasteiger partial charge in [0.1, 0.15) is 17.5 Å². The molecule has 0 bridgehead atoms. The van der Waals surface area contributed by atoms with Crippen molar-refractivity contribution in [3.63, 3.8) is 0 Å². The lowest BCUT2D eigenvalue weighted by atomic mass is 9.76. The molecule has 3 unspecified atom stereocenters. The molecule has 0 radical (unpaired) electrons. The molecule has 0 amide bonds. The largest absolute Gasteiger partial charge is 0.480 e. The molecule has 42 heavy (non-hydrogen) atoms. The average molecular weight is 578 g/mol. The fourth-order valence-corrected chi connectivity index (χ4v) is 7.65. The second-order valence-corrected chi connectivity index (χ2v) is 12.8. The number of ether oxygens (including phenoxy) is 3. The molecule has 1 spiro atoms. The summed E-state index contributed by atoms with van der Waals surface area (Å²) in [5.41, 5.74) is 5.18. The first kappa shape index (κ1) is 29.5. The summed E-state index contributed by atoms with van der Waals surface area (Å²) in [6.45, 7) is 5.77. The topological polar surface area (TPSA) is 93.2 Å². The summed E-state index contributed by atoms with van der Waals surface area (Å²) in [5, 5.41) is 14.0. The molecule has 1 aliphatic carbocycles. The lowest BCUT2D eigenvalue weighted by Gasteiger charge is -2.45. The van der Waals surface area contributed by atoms with Crippen molar-refractivity contribution in [3.8, 4) is 0 Å². The van der Waals surface area contributed by atoms with Crippen LogP contribution in [0.5, 0.6) is 0 Å². The number of hydrogen-bond acceptors (Lipinski definition) is 7. The lowest BCUT2D eigenvalue weighted by molar-refractivity contribution is -0.147. The molecular formula is C34H47N3O5. The van der Waals surface area contributed by atoms with E-state index in [1.54, 1.807) is 0 Å². The van der Waals surface area contributed by atoms with Gasteiger partial charge in [-0.25, -0.2) is 4.98 Å². The van der Waals surface area contributed by atoms with Crippen LogP contribution in [-0.2, 0) is 37.4 Å². The zero-order valence-corrected chi connectivity index (χ0v) is 25.3. The number of carboxylic acid groups (broad SMARTS) is 1. The van der Waals surface area contributed by atoms with Gasteiger partial charge in [-0.05, 0) is 99.6 Å². The van der Waals surface area contributed by atoms with Crippen molar-refractivity contribution in [3.05, 3.63) is 58.3 Å². The number of aryl methyl sites for hydroxylation is 2. The highest BCUT2D eigenvalue weighted by Gasteiger charge is 2.45. The molecule has 4 aliphatic rings. The van der Waals surface area contributed by atoms with Crippen molar-refractivity contribution >= 4 is 11.8 Å². The minimum Gasteiger partial charge on any atom is -0.480 e. The highest BCUT2D eigenvalue weighted by molar-refractivity contribution is 5.76. The number of hydrogen-bond donors (Lipinski definition) is 2. The SMILES string of the molecule is CC1COC2(CCCOC2)c2cccc(C(C(=O)O)N(C)[C@H]3CC[C@H](OCCCCc4ccc5c(n4)NCCC5)C3)c21. The molecule has 2 fully saturated rings. The fourth-order valence-electron chi connectivity index (χ4n) is 7.65. The normalized spacial score (nSPS) is 27.8. The monoisotopic (exact) mass is 577 g/mol. The number of aromatic nitrogens is 1. The van der Waals surface area contributed by atoms with Crippen LogP contribution in [-0.4, -0.2) is 73.1 Å². The Balaban J connectivity index is 1.05. The standard InChI is InChI=1S/C34H47N3O5/c1-23-21-42-34(16-7-18-40-22-34)29-11-5-10-28(30(23)29)31(33(38)39)37(2)26-14-15-27(20-26)41-19-4-3-9-25-13-12-24-8-6-17-35-32(24)36-25/h5,10-13,23,26-27,31H,3-4,6-9,14-22H2,1-2H3,(H,35,36)(H,38,39)/t23?,26-,27-,31?,34?/m0/s1. The van der Waals surface area contributed by atoms with E-state index in [-0.39, 0.29) is 18.1 Å². The number of unbranched alkanes of at least 4 members (excludes halogenated alkanes) is 1. The van der Waals surface area contributed by atoms with Gasteiger partial charge >= 0.3 is 5.97 Å². The number of carboxylic acids is 1. The number of carbonyl (C=O) groups is 1. The number of aliphatic carboxylic acids is 1. The number of anilines is 1. The quantitative estimate of drug-likeness (QED) is 0.353. The van der Waals surface area contributed by atoms with Gasteiger partial charge in [0.25, 0.3) is 0 Å². The molecule has 4 heterocycles. The molecule has 6 rings (SSSR count). The smallest absolute Gasteiger partial charge is 0.325 e. The summed E-state index contributed by atoms with van der Waals surface area (Å²) in [6.07, 6.45) is 10.1. The third kappa shape index (κ3) is 6.09. The van der Waals surface area contributed by atoms with E-state index in [0.717, 1.165) is 106 Å². The van der Waals surface area contributed by atoms with Crippen LogP contribution in [0.1, 0.15) is 98.2 Å². The van der Waals surface area contributed by atoms with Gasteiger partial charge < -0.3 is 24.6 Å². The maximum absolute atomic E-state index is 12.8. The molecule has 2 N–H and O–H groups in total. The van der Waals surface area contributed by atoms with Crippen LogP contribution in [0.25, 0.3) is 0 Å². The van der Waals surface area contributed by atoms with Gasteiger partial charge in [0.15, 0.2) is 0 Å². The van der Waals surface area contributed by atoms with Crippen LogP contribution in [0, 0.1) is 0 Å². The van der Waals surface area contributed by atoms with E-state index < -0.39 is 17.6 Å². The van der Waals surface area contributed by atoms with Crippen molar-refractivity contribution in [2.75, 3.05) is 45.3 Å². The van der Waals surface area contributed by atoms with E-state index >= 15 is 0 Å². The number of fused-ring (bicyclic) bond motifs is 3. The predicted molar refractivity (Wildman–Crippen MR) is 162 cm³/mol. The molecule has 2 aromatic rings. The van der Waals surface area contributed by atoms with Gasteiger partial charge in [-0.2, -0.15) is 0 Å². The molecule has 1 aromatic heterocycles. The maximum atomic E-state index is 12.8. The first-order valence-electron chi connectivity index (χ1n) is 16.1. The number of nitrogens with one attached hydrogen (secondary N) is 1. The third-order valence-corrected chi connectivity index (χ3v) is 9.94. The number of nitrogens with zero attached hydrogens (tertiary/aromatic N) is 2. The number of rotatable bonds is 10. The molecule has 1 aromatic carbocycles. The van der Waals surface area contributed by atoms with Gasteiger partial charge in [-0.15, -0.1) is 0 Å². The van der Waals surface area contributed by atoms with Gasteiger partial charge in [-0.1, -0.05) is 31.2 Å². The summed E-state index contributed by atoms with van der Waals surface area (Å²) in [6, 6.07) is 10.0. The molecular weight excluding hydrogens is 530 g/mol. The molecule has 1 saturated carbocycles. The molecule has 1 saturated heterocycles. The zero-order valence-electron chi connectivity index (χ0n) is 25.3. The summed E-state index contributed by atoms with van der Waals surface area (Å²) in [7, 11) is 1.98. The Morgan fingerprint density at radius 3 is 2.98 bits per heavy atom. The average Bonchev–Trinajstić information content (AvgIpc) is 3.48. The summed E-state index contributed by atoms with van der Waals surface area (Å²) in [4.78, 5) is 19.7. The second kappa shape index (κ2) is 13.0. The van der Waals surface area contributed by atoms with Crippen LogP contribution < -0.4 is 5.32 Å². The van der Waals surface area contributed by atoms with Crippen LogP contribution in [0.4, 0.5) is 5.82 Å². The van der Waals surface area contributed by atoms with E-state index in [1.807, 2.05) is 19.2 Å². The lowest BCUT2D eigenvalue weighted by Crippen LogP contribution is -2.45. The molecule has 8 nitrogen and oxygen atoms in total. The molecule has 228 valence electrons. The first-order valence-corrected chi connectivity index (χ1v) is 16.1. The van der Waals surface area contributed by atoms with E-state index in [4.69, 9.17) is 19.2 Å². The van der Waals surface area contributed by atoms with Crippen molar-refractivity contribution in [1.29, 1.82) is 0 Å². The Kier molecular flexibility index (Phi) is 9.15. The zero-order chi connectivity index (χ0) is 29.1. The summed E-state index contributed by atoms with van der Waals surface area (Å²) in [5.74, 6) is 0.400. The summed E-state index contributed by atoms with van der Waals surface area (Å²) >= 11 is 0. The van der Waals surface area contributed by atoms with Gasteiger partial charge in [0.05, 0.1) is 19.3 Å².